The van der Waals surface area contributed by atoms with Crippen molar-refractivity contribution >= 4 is 5.95 Å². The quantitative estimate of drug-likeness (QED) is 0.814. The number of hydrogen-bond donors (Lipinski definition) is 1. The van der Waals surface area contributed by atoms with Crippen LogP contribution in [0, 0.1) is 5.41 Å². The Labute approximate surface area is 95.6 Å². The molecule has 0 aliphatic carbocycles. The molecule has 0 radical (unpaired) electrons. The van der Waals surface area contributed by atoms with Crippen molar-refractivity contribution in [3.63, 3.8) is 0 Å². The van der Waals surface area contributed by atoms with Crippen LogP contribution in [0.4, 0.5) is 5.95 Å². The third kappa shape index (κ3) is 2.09. The third-order valence-corrected chi connectivity index (χ3v) is 3.16. The van der Waals surface area contributed by atoms with E-state index in [1.807, 2.05) is 0 Å². The molecule has 1 aliphatic heterocycles. The van der Waals surface area contributed by atoms with Crippen LogP contribution < -0.4 is 15.4 Å². The lowest BCUT2D eigenvalue weighted by Gasteiger charge is -2.22. The lowest BCUT2D eigenvalue weighted by Crippen LogP contribution is -2.31. The van der Waals surface area contributed by atoms with E-state index in [9.17, 15) is 0 Å². The third-order valence-electron chi connectivity index (χ3n) is 3.16. The normalized spacial score (nSPS) is 24.8. The largest absolute Gasteiger partial charge is 0.481 e. The molecule has 5 nitrogen and oxygen atoms in total. The maximum atomic E-state index is 5.77. The molecule has 0 bridgehead atoms. The molecule has 1 unspecified atom stereocenters. The predicted molar refractivity (Wildman–Crippen MR) is 62.6 cm³/mol. The Bertz CT molecular complexity index is 371. The molecule has 16 heavy (non-hydrogen) atoms. The molecule has 0 spiro atoms. The molecule has 5 heteroatoms. The number of methoxy groups -OCH3 is 1. The fraction of sp³-hybridized carbons (Fsp3) is 0.636. The summed E-state index contributed by atoms with van der Waals surface area (Å²) in [6, 6.07) is 1.75. The summed E-state index contributed by atoms with van der Waals surface area (Å²) in [5, 5.41) is 0. The minimum atomic E-state index is 0.187. The summed E-state index contributed by atoms with van der Waals surface area (Å²) in [7, 11) is 1.61. The van der Waals surface area contributed by atoms with E-state index >= 15 is 0 Å². The van der Waals surface area contributed by atoms with Gasteiger partial charge in [-0.25, -0.2) is 4.98 Å². The van der Waals surface area contributed by atoms with Gasteiger partial charge in [-0.3, -0.25) is 0 Å². The van der Waals surface area contributed by atoms with Crippen LogP contribution in [-0.4, -0.2) is 36.7 Å². The van der Waals surface area contributed by atoms with Crippen LogP contribution in [0.25, 0.3) is 0 Å². The van der Waals surface area contributed by atoms with E-state index in [1.165, 1.54) is 0 Å². The Balaban J connectivity index is 2.14. The van der Waals surface area contributed by atoms with Crippen LogP contribution in [0.2, 0.25) is 0 Å². The van der Waals surface area contributed by atoms with E-state index in [-0.39, 0.29) is 5.41 Å². The summed E-state index contributed by atoms with van der Waals surface area (Å²) >= 11 is 0. The van der Waals surface area contributed by atoms with E-state index in [2.05, 4.69) is 21.8 Å². The van der Waals surface area contributed by atoms with Gasteiger partial charge in [0.05, 0.1) is 7.11 Å². The van der Waals surface area contributed by atoms with Crippen molar-refractivity contribution < 1.29 is 4.74 Å². The molecule has 1 atom stereocenters. The van der Waals surface area contributed by atoms with Gasteiger partial charge in [0.15, 0.2) is 0 Å². The Morgan fingerprint density at radius 2 is 2.44 bits per heavy atom. The van der Waals surface area contributed by atoms with Crippen LogP contribution in [0.5, 0.6) is 5.88 Å². The zero-order valence-electron chi connectivity index (χ0n) is 9.81. The molecule has 1 aromatic rings. The van der Waals surface area contributed by atoms with Gasteiger partial charge in [-0.2, -0.15) is 4.98 Å². The van der Waals surface area contributed by atoms with Crippen LogP contribution >= 0.6 is 0 Å². The highest BCUT2D eigenvalue weighted by atomic mass is 16.5. The van der Waals surface area contributed by atoms with Gasteiger partial charge in [0.25, 0.3) is 0 Å². The van der Waals surface area contributed by atoms with Crippen molar-refractivity contribution in [3.05, 3.63) is 12.3 Å². The molecule has 0 amide bonds. The van der Waals surface area contributed by atoms with Gasteiger partial charge in [-0.05, 0) is 18.4 Å². The summed E-state index contributed by atoms with van der Waals surface area (Å²) in [6.45, 7) is 4.78. The maximum Gasteiger partial charge on any atom is 0.228 e. The Morgan fingerprint density at radius 1 is 1.62 bits per heavy atom. The number of rotatable bonds is 3. The van der Waals surface area contributed by atoms with Crippen LogP contribution in [-0.2, 0) is 0 Å². The highest BCUT2D eigenvalue weighted by Crippen LogP contribution is 2.30. The summed E-state index contributed by atoms with van der Waals surface area (Å²) in [5.74, 6) is 1.34. The van der Waals surface area contributed by atoms with Crippen molar-refractivity contribution in [1.82, 2.24) is 9.97 Å². The van der Waals surface area contributed by atoms with Gasteiger partial charge in [-0.1, -0.05) is 6.92 Å². The van der Waals surface area contributed by atoms with Gasteiger partial charge in [-0.15, -0.1) is 0 Å². The summed E-state index contributed by atoms with van der Waals surface area (Å²) in [6.07, 6.45) is 2.81. The molecule has 1 fully saturated rings. The molecule has 2 rings (SSSR count). The SMILES string of the molecule is COc1ccnc(N2CCC(C)(CN)C2)n1. The number of nitrogens with two attached hydrogens (primary N) is 1. The van der Waals surface area contributed by atoms with Gasteiger partial charge in [0, 0.05) is 25.4 Å². The number of ether oxygens (including phenoxy) is 1. The Hall–Kier alpha value is -1.36. The second kappa shape index (κ2) is 4.25. The van der Waals surface area contributed by atoms with Crippen LogP contribution in [0.15, 0.2) is 12.3 Å². The average molecular weight is 222 g/mol. The first-order valence-electron chi connectivity index (χ1n) is 5.49. The van der Waals surface area contributed by atoms with Crippen molar-refractivity contribution in [3.8, 4) is 5.88 Å². The van der Waals surface area contributed by atoms with Crippen molar-refractivity contribution in [2.45, 2.75) is 13.3 Å². The number of aromatic nitrogens is 2. The fourth-order valence-electron chi connectivity index (χ4n) is 1.96. The lowest BCUT2D eigenvalue weighted by atomic mass is 9.90. The van der Waals surface area contributed by atoms with E-state index in [0.717, 1.165) is 25.5 Å². The molecular formula is C11H18N4O. The molecule has 88 valence electrons. The van der Waals surface area contributed by atoms with Gasteiger partial charge in [0.2, 0.25) is 11.8 Å². The number of anilines is 1. The fourth-order valence-corrected chi connectivity index (χ4v) is 1.96. The maximum absolute atomic E-state index is 5.77. The first-order valence-corrected chi connectivity index (χ1v) is 5.49. The van der Waals surface area contributed by atoms with Gasteiger partial charge in [0.1, 0.15) is 0 Å². The standard InChI is InChI=1S/C11H18N4O/c1-11(7-12)4-6-15(8-11)10-13-5-3-9(14-10)16-2/h3,5H,4,6-8,12H2,1-2H3. The molecule has 2 N–H and O–H groups in total. The number of nitrogens with zero attached hydrogens (tertiary/aromatic N) is 3. The van der Waals surface area contributed by atoms with E-state index in [1.54, 1.807) is 19.4 Å². The lowest BCUT2D eigenvalue weighted by molar-refractivity contribution is 0.381. The summed E-state index contributed by atoms with van der Waals surface area (Å²) in [5.41, 5.74) is 5.96. The van der Waals surface area contributed by atoms with E-state index in [0.29, 0.717) is 12.4 Å². The second-order valence-electron chi connectivity index (χ2n) is 4.59. The monoisotopic (exact) mass is 222 g/mol. The molecule has 1 saturated heterocycles. The Kier molecular flexibility index (Phi) is 2.96. The summed E-state index contributed by atoms with van der Waals surface area (Å²) < 4.78 is 5.09. The van der Waals surface area contributed by atoms with Crippen molar-refractivity contribution in [2.75, 3.05) is 31.6 Å². The molecule has 1 aliphatic rings. The molecule has 0 aromatic carbocycles. The molecule has 1 aromatic heterocycles. The topological polar surface area (TPSA) is 64.3 Å². The van der Waals surface area contributed by atoms with Crippen LogP contribution in [0.1, 0.15) is 13.3 Å². The zero-order valence-corrected chi connectivity index (χ0v) is 9.81. The number of hydrogen-bond acceptors (Lipinski definition) is 5. The van der Waals surface area contributed by atoms with E-state index < -0.39 is 0 Å². The molecular weight excluding hydrogens is 204 g/mol. The Morgan fingerprint density at radius 3 is 3.06 bits per heavy atom. The first-order chi connectivity index (χ1) is 7.67. The minimum absolute atomic E-state index is 0.187. The summed E-state index contributed by atoms with van der Waals surface area (Å²) in [4.78, 5) is 10.8. The van der Waals surface area contributed by atoms with Crippen LogP contribution in [0.3, 0.4) is 0 Å². The predicted octanol–water partition coefficient (Wildman–Crippen LogP) is 0.660. The highest BCUT2D eigenvalue weighted by molar-refractivity contribution is 5.34. The highest BCUT2D eigenvalue weighted by Gasteiger charge is 2.33. The minimum Gasteiger partial charge on any atom is -0.481 e. The molecule has 0 saturated carbocycles. The average Bonchev–Trinajstić information content (AvgIpc) is 2.73. The van der Waals surface area contributed by atoms with Gasteiger partial charge < -0.3 is 15.4 Å². The van der Waals surface area contributed by atoms with Gasteiger partial charge >= 0.3 is 0 Å². The van der Waals surface area contributed by atoms with Crippen molar-refractivity contribution in [2.24, 2.45) is 11.1 Å². The molecule has 2 heterocycles. The first kappa shape index (κ1) is 11.1. The van der Waals surface area contributed by atoms with Crippen molar-refractivity contribution in [1.29, 1.82) is 0 Å². The second-order valence-corrected chi connectivity index (χ2v) is 4.59. The zero-order chi connectivity index (χ0) is 11.6. The smallest absolute Gasteiger partial charge is 0.228 e. The van der Waals surface area contributed by atoms with E-state index in [4.69, 9.17) is 10.5 Å².